The summed E-state index contributed by atoms with van der Waals surface area (Å²) in [7, 11) is 0. The molecule has 1 aromatic rings. The van der Waals surface area contributed by atoms with Crippen LogP contribution in [0, 0.1) is 11.3 Å². The van der Waals surface area contributed by atoms with Crippen LogP contribution in [0.3, 0.4) is 0 Å². The van der Waals surface area contributed by atoms with Crippen molar-refractivity contribution >= 4 is 23.2 Å². The monoisotopic (exact) mass is 382 g/mol. The molecule has 28 heavy (non-hydrogen) atoms. The Kier molecular flexibility index (Phi) is 6.11. The molecular weight excluding hydrogens is 352 g/mol. The standard InChI is InChI=1S/C23H30N2O3/c1-16(21-19(26)13-23(2,3)14-20(21)27)24-15-17-7-9-18(10-8-17)22(28)25-11-5-4-6-12-25/h7-10,21H,4-6,11-15H2,1-3H3. The van der Waals surface area contributed by atoms with Crippen molar-refractivity contribution in [3.05, 3.63) is 35.4 Å². The highest BCUT2D eigenvalue weighted by molar-refractivity contribution is 6.21. The van der Waals surface area contributed by atoms with E-state index in [1.807, 2.05) is 43.0 Å². The molecule has 1 aliphatic heterocycles. The molecule has 3 rings (SSSR count). The lowest BCUT2D eigenvalue weighted by Gasteiger charge is -2.31. The number of carbonyl (C=O) groups is 3. The van der Waals surface area contributed by atoms with E-state index >= 15 is 0 Å². The van der Waals surface area contributed by atoms with Crippen LogP contribution in [0.25, 0.3) is 0 Å². The molecule has 2 aliphatic rings. The number of piperidine rings is 1. The number of benzene rings is 1. The van der Waals surface area contributed by atoms with Crippen molar-refractivity contribution in [3.8, 4) is 0 Å². The van der Waals surface area contributed by atoms with Crippen molar-refractivity contribution in [1.82, 2.24) is 4.90 Å². The van der Waals surface area contributed by atoms with Crippen molar-refractivity contribution < 1.29 is 14.4 Å². The summed E-state index contributed by atoms with van der Waals surface area (Å²) in [5.41, 5.74) is 2.01. The van der Waals surface area contributed by atoms with Gasteiger partial charge in [-0.05, 0) is 49.3 Å². The van der Waals surface area contributed by atoms with E-state index in [-0.39, 0.29) is 22.9 Å². The Morgan fingerprint density at radius 2 is 1.61 bits per heavy atom. The van der Waals surface area contributed by atoms with Gasteiger partial charge < -0.3 is 4.90 Å². The van der Waals surface area contributed by atoms with E-state index in [1.165, 1.54) is 6.42 Å². The third-order valence-electron chi connectivity index (χ3n) is 5.72. The number of amides is 1. The van der Waals surface area contributed by atoms with E-state index in [0.29, 0.717) is 30.7 Å². The summed E-state index contributed by atoms with van der Waals surface area (Å²) in [5.74, 6) is -0.644. The minimum Gasteiger partial charge on any atom is -0.339 e. The van der Waals surface area contributed by atoms with E-state index in [0.717, 1.165) is 31.5 Å². The summed E-state index contributed by atoms with van der Waals surface area (Å²) in [6.07, 6.45) is 4.19. The maximum atomic E-state index is 12.5. The largest absolute Gasteiger partial charge is 0.339 e. The molecule has 1 amide bonds. The number of hydrogen-bond acceptors (Lipinski definition) is 4. The molecule has 0 aromatic heterocycles. The molecule has 0 bridgehead atoms. The number of hydrogen-bond donors (Lipinski definition) is 0. The molecule has 1 heterocycles. The van der Waals surface area contributed by atoms with E-state index in [2.05, 4.69) is 4.99 Å². The molecule has 0 unspecified atom stereocenters. The van der Waals surface area contributed by atoms with Gasteiger partial charge in [0.15, 0.2) is 0 Å². The summed E-state index contributed by atoms with van der Waals surface area (Å²) >= 11 is 0. The number of carbonyl (C=O) groups excluding carboxylic acids is 3. The summed E-state index contributed by atoms with van der Waals surface area (Å²) < 4.78 is 0. The summed E-state index contributed by atoms with van der Waals surface area (Å²) in [6.45, 7) is 7.77. The van der Waals surface area contributed by atoms with Crippen molar-refractivity contribution in [2.45, 2.75) is 59.4 Å². The first-order valence-electron chi connectivity index (χ1n) is 10.2. The van der Waals surface area contributed by atoms with Crippen LogP contribution in [0.4, 0.5) is 0 Å². The van der Waals surface area contributed by atoms with Crippen molar-refractivity contribution in [1.29, 1.82) is 0 Å². The molecule has 1 aromatic carbocycles. The van der Waals surface area contributed by atoms with E-state index in [1.54, 1.807) is 6.92 Å². The first-order valence-corrected chi connectivity index (χ1v) is 10.2. The van der Waals surface area contributed by atoms with Crippen LogP contribution < -0.4 is 0 Å². The Hall–Kier alpha value is -2.30. The number of rotatable bonds is 4. The lowest BCUT2D eigenvalue weighted by Crippen LogP contribution is -2.41. The Morgan fingerprint density at radius 1 is 1.04 bits per heavy atom. The predicted octanol–water partition coefficient (Wildman–Crippen LogP) is 3.85. The van der Waals surface area contributed by atoms with Gasteiger partial charge in [0.25, 0.3) is 5.91 Å². The first-order chi connectivity index (χ1) is 13.3. The third kappa shape index (κ3) is 4.75. The van der Waals surface area contributed by atoms with Gasteiger partial charge in [-0.1, -0.05) is 26.0 Å². The number of aliphatic imine (C=N–C) groups is 1. The fraction of sp³-hybridized carbons (Fsp3) is 0.565. The quantitative estimate of drug-likeness (QED) is 0.587. The lowest BCUT2D eigenvalue weighted by atomic mass is 9.70. The molecule has 1 saturated heterocycles. The second-order valence-electron chi connectivity index (χ2n) is 8.89. The number of nitrogens with zero attached hydrogens (tertiary/aromatic N) is 2. The normalized spacial score (nSPS) is 21.1. The van der Waals surface area contributed by atoms with Crippen LogP contribution in [0.1, 0.15) is 68.8 Å². The maximum Gasteiger partial charge on any atom is 0.253 e. The van der Waals surface area contributed by atoms with Gasteiger partial charge in [0.05, 0.1) is 6.54 Å². The number of ketones is 2. The van der Waals surface area contributed by atoms with Crippen LogP contribution in [0.5, 0.6) is 0 Å². The highest BCUT2D eigenvalue weighted by Crippen LogP contribution is 2.34. The van der Waals surface area contributed by atoms with Crippen LogP contribution in [0.2, 0.25) is 0 Å². The molecule has 5 heteroatoms. The maximum absolute atomic E-state index is 12.5. The zero-order chi connectivity index (χ0) is 20.3. The topological polar surface area (TPSA) is 66.8 Å². The van der Waals surface area contributed by atoms with Gasteiger partial charge in [-0.25, -0.2) is 0 Å². The Balaban J connectivity index is 1.63. The van der Waals surface area contributed by atoms with Gasteiger partial charge >= 0.3 is 0 Å². The Morgan fingerprint density at radius 3 is 2.18 bits per heavy atom. The Bertz CT molecular complexity index is 767. The zero-order valence-corrected chi connectivity index (χ0v) is 17.2. The molecule has 5 nitrogen and oxygen atoms in total. The molecule has 1 saturated carbocycles. The van der Waals surface area contributed by atoms with Gasteiger partial charge in [-0.3, -0.25) is 19.4 Å². The average molecular weight is 383 g/mol. The average Bonchev–Trinajstić information content (AvgIpc) is 2.65. The summed E-state index contributed by atoms with van der Waals surface area (Å²) in [6, 6.07) is 7.50. The van der Waals surface area contributed by atoms with Crippen molar-refractivity contribution in [3.63, 3.8) is 0 Å². The van der Waals surface area contributed by atoms with E-state index in [4.69, 9.17) is 0 Å². The smallest absolute Gasteiger partial charge is 0.253 e. The minimum absolute atomic E-state index is 0.0232. The molecule has 0 radical (unpaired) electrons. The fourth-order valence-corrected chi connectivity index (χ4v) is 4.20. The molecule has 0 atom stereocenters. The number of Topliss-reactive ketones (excluding diaryl/α,β-unsaturated/α-hetero) is 2. The molecular formula is C23H30N2O3. The van der Waals surface area contributed by atoms with Gasteiger partial charge in [0.2, 0.25) is 0 Å². The SMILES string of the molecule is CC(=NCc1ccc(C(=O)N2CCCCC2)cc1)C1C(=O)CC(C)(C)CC1=O. The van der Waals surface area contributed by atoms with Gasteiger partial charge in [0, 0.05) is 37.2 Å². The third-order valence-corrected chi connectivity index (χ3v) is 5.72. The molecule has 1 aliphatic carbocycles. The summed E-state index contributed by atoms with van der Waals surface area (Å²) in [4.78, 5) is 43.8. The predicted molar refractivity (Wildman–Crippen MR) is 110 cm³/mol. The molecule has 0 N–H and O–H groups in total. The second-order valence-corrected chi connectivity index (χ2v) is 8.89. The highest BCUT2D eigenvalue weighted by atomic mass is 16.2. The van der Waals surface area contributed by atoms with E-state index in [9.17, 15) is 14.4 Å². The number of likely N-dealkylation sites (tertiary alicyclic amines) is 1. The Labute approximate surface area is 167 Å². The van der Waals surface area contributed by atoms with Gasteiger partial charge in [-0.2, -0.15) is 0 Å². The second kappa shape index (κ2) is 8.38. The molecule has 2 fully saturated rings. The van der Waals surface area contributed by atoms with E-state index < -0.39 is 5.92 Å². The minimum atomic E-state index is -0.687. The fourth-order valence-electron chi connectivity index (χ4n) is 4.20. The van der Waals surface area contributed by atoms with Crippen LogP contribution >= 0.6 is 0 Å². The molecule has 0 spiro atoms. The zero-order valence-electron chi connectivity index (χ0n) is 17.2. The first kappa shape index (κ1) is 20.4. The lowest BCUT2D eigenvalue weighted by molar-refractivity contribution is -0.136. The highest BCUT2D eigenvalue weighted by Gasteiger charge is 2.40. The van der Waals surface area contributed by atoms with Crippen LogP contribution in [0.15, 0.2) is 29.3 Å². The van der Waals surface area contributed by atoms with Crippen molar-refractivity contribution in [2.24, 2.45) is 16.3 Å². The van der Waals surface area contributed by atoms with Crippen molar-refractivity contribution in [2.75, 3.05) is 13.1 Å². The van der Waals surface area contributed by atoms with Gasteiger partial charge in [0.1, 0.15) is 17.5 Å². The van der Waals surface area contributed by atoms with Crippen LogP contribution in [-0.4, -0.2) is 41.2 Å². The molecule has 150 valence electrons. The van der Waals surface area contributed by atoms with Gasteiger partial charge in [-0.15, -0.1) is 0 Å². The van der Waals surface area contributed by atoms with Crippen LogP contribution in [-0.2, 0) is 16.1 Å². The summed E-state index contributed by atoms with van der Waals surface area (Å²) in [5, 5.41) is 0.